The van der Waals surface area contributed by atoms with Crippen molar-refractivity contribution in [1.82, 2.24) is 30.1 Å². The molecule has 0 radical (unpaired) electrons. The Morgan fingerprint density at radius 2 is 1.97 bits per heavy atom. The Kier molecular flexibility index (Phi) is 7.24. The zero-order valence-electron chi connectivity index (χ0n) is 20.2. The van der Waals surface area contributed by atoms with Crippen LogP contribution in [0.3, 0.4) is 0 Å². The van der Waals surface area contributed by atoms with Gasteiger partial charge in [0.15, 0.2) is 5.82 Å². The molecule has 4 rings (SSSR count). The molecular weight excluding hydrogens is 416 g/mol. The molecule has 1 aromatic carbocycles. The summed E-state index contributed by atoms with van der Waals surface area (Å²) in [5.74, 6) is 1.10. The van der Waals surface area contributed by atoms with E-state index in [4.69, 9.17) is 0 Å². The highest BCUT2D eigenvalue weighted by Crippen LogP contribution is 2.34. The molecule has 2 heterocycles. The van der Waals surface area contributed by atoms with Gasteiger partial charge < -0.3 is 10.1 Å². The third kappa shape index (κ3) is 5.01. The Bertz CT molecular complexity index is 1150. The topological polar surface area (TPSA) is 99.9 Å². The molecule has 1 unspecified atom stereocenters. The molecule has 0 saturated heterocycles. The molecule has 1 saturated carbocycles. The fourth-order valence-corrected chi connectivity index (χ4v) is 5.35. The summed E-state index contributed by atoms with van der Waals surface area (Å²) in [6, 6.07) is 6.49. The molecule has 0 amide bonds. The Balaban J connectivity index is 1.72. The normalized spacial score (nSPS) is 15.8. The lowest BCUT2D eigenvalue weighted by Crippen LogP contribution is -2.37. The maximum atomic E-state index is 13.1. The van der Waals surface area contributed by atoms with E-state index in [1.807, 2.05) is 17.7 Å². The first-order chi connectivity index (χ1) is 15.9. The lowest BCUT2D eigenvalue weighted by molar-refractivity contribution is 0.120. The fourth-order valence-electron chi connectivity index (χ4n) is 5.35. The van der Waals surface area contributed by atoms with Gasteiger partial charge in [0.05, 0.1) is 17.6 Å². The van der Waals surface area contributed by atoms with E-state index in [1.54, 1.807) is 0 Å². The Morgan fingerprint density at radius 1 is 1.21 bits per heavy atom. The van der Waals surface area contributed by atoms with Crippen molar-refractivity contribution >= 4 is 10.9 Å². The predicted molar refractivity (Wildman–Crippen MR) is 129 cm³/mol. The molecule has 33 heavy (non-hydrogen) atoms. The first-order valence-corrected chi connectivity index (χ1v) is 12.1. The molecule has 1 aliphatic rings. The molecular formula is C25H36N6O2. The molecule has 0 aliphatic heterocycles. The van der Waals surface area contributed by atoms with Gasteiger partial charge in [0.2, 0.25) is 0 Å². The van der Waals surface area contributed by atoms with E-state index in [0.717, 1.165) is 40.7 Å². The Labute approximate surface area is 195 Å². The second-order valence-electron chi connectivity index (χ2n) is 9.83. The molecule has 3 aromatic rings. The summed E-state index contributed by atoms with van der Waals surface area (Å²) in [5.41, 5.74) is 3.78. The molecule has 2 N–H and O–H groups in total. The maximum Gasteiger partial charge on any atom is 0.252 e. The number of aromatic nitrogens is 5. The lowest BCUT2D eigenvalue weighted by atomic mass is 9.99. The third-order valence-electron chi connectivity index (χ3n) is 6.83. The number of nitrogens with one attached hydrogen (secondary N) is 1. The van der Waals surface area contributed by atoms with Gasteiger partial charge >= 0.3 is 0 Å². The fraction of sp³-hybridized carbons (Fsp3) is 0.600. The molecule has 1 aliphatic carbocycles. The number of benzene rings is 1. The SMILES string of the molecule is Cc1cc(C)c2[nH]c(=O)c(CN(CCCO)C(c3nnnn3C3CCCC3)C(C)C)cc2c1. The highest BCUT2D eigenvalue weighted by Gasteiger charge is 2.32. The molecule has 0 bridgehead atoms. The number of pyridine rings is 1. The zero-order valence-corrected chi connectivity index (χ0v) is 20.2. The summed E-state index contributed by atoms with van der Waals surface area (Å²) < 4.78 is 2.01. The Morgan fingerprint density at radius 3 is 2.67 bits per heavy atom. The Hall–Kier alpha value is -2.58. The van der Waals surface area contributed by atoms with Gasteiger partial charge in [-0.15, -0.1) is 5.10 Å². The van der Waals surface area contributed by atoms with Crippen molar-refractivity contribution in [3.63, 3.8) is 0 Å². The molecule has 2 aromatic heterocycles. The zero-order chi connectivity index (χ0) is 23.5. The number of fused-ring (bicyclic) bond motifs is 1. The van der Waals surface area contributed by atoms with Crippen LogP contribution in [-0.2, 0) is 6.54 Å². The summed E-state index contributed by atoms with van der Waals surface area (Å²) in [4.78, 5) is 18.4. The number of tetrazole rings is 1. The van der Waals surface area contributed by atoms with Crippen molar-refractivity contribution in [2.75, 3.05) is 13.2 Å². The monoisotopic (exact) mass is 452 g/mol. The third-order valence-corrected chi connectivity index (χ3v) is 6.83. The van der Waals surface area contributed by atoms with Crippen molar-refractivity contribution in [3.8, 4) is 0 Å². The van der Waals surface area contributed by atoms with Crippen molar-refractivity contribution in [1.29, 1.82) is 0 Å². The van der Waals surface area contributed by atoms with E-state index < -0.39 is 0 Å². The minimum Gasteiger partial charge on any atom is -0.396 e. The van der Waals surface area contributed by atoms with Gasteiger partial charge in [-0.3, -0.25) is 9.69 Å². The lowest BCUT2D eigenvalue weighted by Gasteiger charge is -2.34. The van der Waals surface area contributed by atoms with Crippen molar-refractivity contribution in [3.05, 3.63) is 51.1 Å². The number of aliphatic hydroxyl groups is 1. The van der Waals surface area contributed by atoms with Crippen LogP contribution in [0.5, 0.6) is 0 Å². The number of rotatable bonds is 9. The number of hydrogen-bond donors (Lipinski definition) is 2. The summed E-state index contributed by atoms with van der Waals surface area (Å²) >= 11 is 0. The number of aliphatic hydroxyl groups excluding tert-OH is 1. The summed E-state index contributed by atoms with van der Waals surface area (Å²) in [6.07, 6.45) is 5.23. The van der Waals surface area contributed by atoms with Crippen molar-refractivity contribution in [2.45, 2.75) is 78.4 Å². The summed E-state index contributed by atoms with van der Waals surface area (Å²) in [6.45, 7) is 9.66. The average molecular weight is 453 g/mol. The predicted octanol–water partition coefficient (Wildman–Crippen LogP) is 3.83. The smallest absolute Gasteiger partial charge is 0.252 e. The standard InChI is InChI=1S/C25H36N6O2/c1-16(2)23(24-27-28-29-31(24)21-8-5-6-9-21)30(10-7-11-32)15-20-14-19-13-17(3)12-18(4)22(19)26-25(20)33/h12-14,16,21,23,32H,5-11,15H2,1-4H3,(H,26,33). The van der Waals surface area contributed by atoms with Crippen molar-refractivity contribution < 1.29 is 5.11 Å². The number of hydrogen-bond acceptors (Lipinski definition) is 6. The molecule has 0 spiro atoms. The highest BCUT2D eigenvalue weighted by molar-refractivity contribution is 5.82. The van der Waals surface area contributed by atoms with Crippen molar-refractivity contribution in [2.24, 2.45) is 5.92 Å². The van der Waals surface area contributed by atoms with Crippen LogP contribution in [0.25, 0.3) is 10.9 Å². The van der Waals surface area contributed by atoms with Crippen LogP contribution in [0.2, 0.25) is 0 Å². The average Bonchev–Trinajstić information content (AvgIpc) is 3.44. The minimum absolute atomic E-state index is 0.0542. The van der Waals surface area contributed by atoms with E-state index in [2.05, 4.69) is 58.3 Å². The van der Waals surface area contributed by atoms with E-state index in [0.29, 0.717) is 25.6 Å². The van der Waals surface area contributed by atoms with Gasteiger partial charge in [0.1, 0.15) is 0 Å². The van der Waals surface area contributed by atoms with Crippen LogP contribution >= 0.6 is 0 Å². The van der Waals surface area contributed by atoms with Crippen LogP contribution < -0.4 is 5.56 Å². The second-order valence-corrected chi connectivity index (χ2v) is 9.83. The van der Waals surface area contributed by atoms with Crippen LogP contribution in [0.4, 0.5) is 0 Å². The first-order valence-electron chi connectivity index (χ1n) is 12.1. The van der Waals surface area contributed by atoms with Crippen LogP contribution in [0.1, 0.15) is 80.6 Å². The van der Waals surface area contributed by atoms with Gasteiger partial charge in [-0.1, -0.05) is 38.3 Å². The van der Waals surface area contributed by atoms with E-state index in [1.165, 1.54) is 18.4 Å². The number of aryl methyl sites for hydroxylation is 2. The van der Waals surface area contributed by atoms with E-state index in [9.17, 15) is 9.90 Å². The maximum absolute atomic E-state index is 13.1. The van der Waals surface area contributed by atoms with Gasteiger partial charge in [0.25, 0.3) is 5.56 Å². The minimum atomic E-state index is -0.0682. The molecule has 178 valence electrons. The number of H-pyrrole nitrogens is 1. The first kappa shape index (κ1) is 23.6. The van der Waals surface area contributed by atoms with Crippen LogP contribution in [-0.4, -0.2) is 48.3 Å². The van der Waals surface area contributed by atoms with E-state index in [-0.39, 0.29) is 24.1 Å². The van der Waals surface area contributed by atoms with Gasteiger partial charge in [0, 0.05) is 25.3 Å². The molecule has 8 nitrogen and oxygen atoms in total. The molecule has 1 atom stereocenters. The highest BCUT2D eigenvalue weighted by atomic mass is 16.3. The van der Waals surface area contributed by atoms with E-state index >= 15 is 0 Å². The number of aromatic amines is 1. The second kappa shape index (κ2) is 10.1. The van der Waals surface area contributed by atoms with Crippen LogP contribution in [0.15, 0.2) is 23.0 Å². The van der Waals surface area contributed by atoms with Gasteiger partial charge in [-0.2, -0.15) is 0 Å². The van der Waals surface area contributed by atoms with Gasteiger partial charge in [-0.05, 0) is 72.5 Å². The van der Waals surface area contributed by atoms with Crippen LogP contribution in [0, 0.1) is 19.8 Å². The molecule has 8 heteroatoms. The molecule has 1 fully saturated rings. The summed E-state index contributed by atoms with van der Waals surface area (Å²) in [7, 11) is 0. The quantitative estimate of drug-likeness (QED) is 0.512. The largest absolute Gasteiger partial charge is 0.396 e. The van der Waals surface area contributed by atoms with Gasteiger partial charge in [-0.25, -0.2) is 4.68 Å². The summed E-state index contributed by atoms with van der Waals surface area (Å²) in [5, 5.41) is 23.5. The number of nitrogens with zero attached hydrogens (tertiary/aromatic N) is 5.